The van der Waals surface area contributed by atoms with Gasteiger partial charge in [0, 0.05) is 13.1 Å². The summed E-state index contributed by atoms with van der Waals surface area (Å²) >= 11 is 0. The molecule has 2 N–H and O–H groups in total. The molecule has 98 valence electrons. The van der Waals surface area contributed by atoms with E-state index in [1.54, 1.807) is 7.05 Å². The van der Waals surface area contributed by atoms with Gasteiger partial charge in [0.15, 0.2) is 0 Å². The lowest BCUT2D eigenvalue weighted by Gasteiger charge is -2.42. The van der Waals surface area contributed by atoms with E-state index in [4.69, 9.17) is 0 Å². The third kappa shape index (κ3) is 2.99. The van der Waals surface area contributed by atoms with Crippen molar-refractivity contribution in [1.82, 2.24) is 10.2 Å². The van der Waals surface area contributed by atoms with Crippen LogP contribution in [0.2, 0.25) is 0 Å². The maximum atomic E-state index is 11.9. The highest BCUT2D eigenvalue weighted by atomic mass is 16.3. The van der Waals surface area contributed by atoms with Crippen molar-refractivity contribution < 1.29 is 9.90 Å². The van der Waals surface area contributed by atoms with E-state index in [-0.39, 0.29) is 18.1 Å². The van der Waals surface area contributed by atoms with Crippen molar-refractivity contribution >= 4 is 5.91 Å². The van der Waals surface area contributed by atoms with Gasteiger partial charge in [-0.1, -0.05) is 6.42 Å². The van der Waals surface area contributed by atoms with Crippen LogP contribution in [0.4, 0.5) is 0 Å². The molecule has 2 fully saturated rings. The first-order valence-electron chi connectivity index (χ1n) is 6.87. The van der Waals surface area contributed by atoms with Crippen LogP contribution in [0.5, 0.6) is 0 Å². The predicted octanol–water partition coefficient (Wildman–Crippen LogP) is 0.890. The highest BCUT2D eigenvalue weighted by Gasteiger charge is 2.34. The molecule has 2 aliphatic rings. The van der Waals surface area contributed by atoms with Crippen LogP contribution in [-0.2, 0) is 4.79 Å². The van der Waals surface area contributed by atoms with Gasteiger partial charge in [-0.3, -0.25) is 9.69 Å². The number of carbonyl (C=O) groups excluding carboxylic acids is 1. The van der Waals surface area contributed by atoms with Crippen LogP contribution in [0.3, 0.4) is 0 Å². The molecule has 4 nitrogen and oxygen atoms in total. The normalized spacial score (nSPS) is 35.5. The summed E-state index contributed by atoms with van der Waals surface area (Å²) in [4.78, 5) is 14.3. The number of aliphatic hydroxyl groups is 1. The zero-order valence-electron chi connectivity index (χ0n) is 10.7. The molecule has 1 saturated heterocycles. The van der Waals surface area contributed by atoms with Crippen molar-refractivity contribution in [3.05, 3.63) is 0 Å². The number of amides is 1. The number of hydrogen-bond acceptors (Lipinski definition) is 3. The first-order valence-corrected chi connectivity index (χ1v) is 6.87. The number of nitrogens with zero attached hydrogens (tertiary/aromatic N) is 1. The zero-order valence-corrected chi connectivity index (χ0v) is 10.7. The van der Waals surface area contributed by atoms with E-state index in [0.717, 1.165) is 45.1 Å². The van der Waals surface area contributed by atoms with E-state index < -0.39 is 0 Å². The summed E-state index contributed by atoms with van der Waals surface area (Å²) in [6.45, 7) is 1.04. The second-order valence-corrected chi connectivity index (χ2v) is 5.33. The molecule has 0 radical (unpaired) electrons. The average molecular weight is 240 g/mol. The number of rotatable bonds is 2. The monoisotopic (exact) mass is 240 g/mol. The zero-order chi connectivity index (χ0) is 12.3. The number of nitrogens with one attached hydrogen (secondary N) is 1. The fraction of sp³-hybridized carbons (Fsp3) is 0.923. The van der Waals surface area contributed by atoms with Gasteiger partial charge >= 0.3 is 0 Å². The number of carbonyl (C=O) groups is 1. The second kappa shape index (κ2) is 5.83. The van der Waals surface area contributed by atoms with Crippen LogP contribution in [0.25, 0.3) is 0 Å². The topological polar surface area (TPSA) is 52.6 Å². The van der Waals surface area contributed by atoms with Crippen LogP contribution in [0.1, 0.15) is 44.9 Å². The molecule has 0 aromatic heterocycles. The van der Waals surface area contributed by atoms with Crippen molar-refractivity contribution in [3.63, 3.8) is 0 Å². The lowest BCUT2D eigenvalue weighted by molar-refractivity contribution is -0.128. The first kappa shape index (κ1) is 12.8. The molecule has 0 spiro atoms. The van der Waals surface area contributed by atoms with E-state index in [9.17, 15) is 9.90 Å². The first-order chi connectivity index (χ1) is 8.22. The van der Waals surface area contributed by atoms with Gasteiger partial charge in [0.2, 0.25) is 5.91 Å². The molecule has 17 heavy (non-hydrogen) atoms. The summed E-state index contributed by atoms with van der Waals surface area (Å²) in [5, 5.41) is 12.3. The highest BCUT2D eigenvalue weighted by molar-refractivity contribution is 5.81. The van der Waals surface area contributed by atoms with Gasteiger partial charge in [-0.2, -0.15) is 0 Å². The third-order valence-corrected chi connectivity index (χ3v) is 4.23. The number of hydrogen-bond donors (Lipinski definition) is 2. The van der Waals surface area contributed by atoms with Gasteiger partial charge in [0.1, 0.15) is 0 Å². The van der Waals surface area contributed by atoms with Crippen LogP contribution >= 0.6 is 0 Å². The minimum absolute atomic E-state index is 0.0639. The van der Waals surface area contributed by atoms with Crippen molar-refractivity contribution in [1.29, 1.82) is 0 Å². The molecule has 0 aromatic rings. The molecule has 0 bridgehead atoms. The number of likely N-dealkylation sites (tertiary alicyclic amines) is 1. The second-order valence-electron chi connectivity index (χ2n) is 5.33. The summed E-state index contributed by atoms with van der Waals surface area (Å²) in [7, 11) is 1.72. The summed E-state index contributed by atoms with van der Waals surface area (Å²) in [5.41, 5.74) is 0. The van der Waals surface area contributed by atoms with Gasteiger partial charge in [0.05, 0.1) is 12.1 Å². The Balaban J connectivity index is 1.98. The molecule has 4 heteroatoms. The molecule has 1 amide bonds. The molecule has 1 heterocycles. The Hall–Kier alpha value is -0.610. The molecule has 1 atom stereocenters. The molecule has 1 saturated carbocycles. The largest absolute Gasteiger partial charge is 0.393 e. The molecule has 1 aliphatic carbocycles. The third-order valence-electron chi connectivity index (χ3n) is 4.23. The van der Waals surface area contributed by atoms with E-state index in [2.05, 4.69) is 10.2 Å². The predicted molar refractivity (Wildman–Crippen MR) is 66.7 cm³/mol. The number of aliphatic hydroxyl groups excluding tert-OH is 1. The highest BCUT2D eigenvalue weighted by Crippen LogP contribution is 2.28. The van der Waals surface area contributed by atoms with E-state index >= 15 is 0 Å². The van der Waals surface area contributed by atoms with Gasteiger partial charge in [-0.15, -0.1) is 0 Å². The standard InChI is InChI=1S/C13H24N2O2/c1-14-13(17)12-4-2-3-9-15(12)10-5-7-11(16)8-6-10/h10-12,16H,2-9H2,1H3,(H,14,17). The number of likely N-dealkylation sites (N-methyl/N-ethyl adjacent to an activating group) is 1. The van der Waals surface area contributed by atoms with Gasteiger partial charge in [0.25, 0.3) is 0 Å². The molecular formula is C13H24N2O2. The molecule has 0 aromatic carbocycles. The minimum Gasteiger partial charge on any atom is -0.393 e. The Bertz CT molecular complexity index is 262. The van der Waals surface area contributed by atoms with Gasteiger partial charge in [-0.25, -0.2) is 0 Å². The summed E-state index contributed by atoms with van der Waals surface area (Å²) in [6, 6.07) is 0.565. The summed E-state index contributed by atoms with van der Waals surface area (Å²) in [5.74, 6) is 0.163. The smallest absolute Gasteiger partial charge is 0.237 e. The van der Waals surface area contributed by atoms with E-state index in [1.165, 1.54) is 6.42 Å². The number of piperidine rings is 1. The van der Waals surface area contributed by atoms with Crippen LogP contribution in [-0.4, -0.2) is 47.7 Å². The SMILES string of the molecule is CNC(=O)C1CCCCN1C1CCC(O)CC1. The quantitative estimate of drug-likeness (QED) is 0.753. The maximum Gasteiger partial charge on any atom is 0.237 e. The Morgan fingerprint density at radius 3 is 2.53 bits per heavy atom. The molecule has 1 aliphatic heterocycles. The van der Waals surface area contributed by atoms with Crippen molar-refractivity contribution in [2.45, 2.75) is 63.1 Å². The fourth-order valence-corrected chi connectivity index (χ4v) is 3.23. The lowest BCUT2D eigenvalue weighted by atomic mass is 9.88. The Morgan fingerprint density at radius 2 is 1.88 bits per heavy atom. The Morgan fingerprint density at radius 1 is 1.18 bits per heavy atom. The Kier molecular flexibility index (Phi) is 4.40. The van der Waals surface area contributed by atoms with E-state index in [0.29, 0.717) is 6.04 Å². The van der Waals surface area contributed by atoms with Crippen molar-refractivity contribution in [2.75, 3.05) is 13.6 Å². The van der Waals surface area contributed by atoms with Crippen LogP contribution in [0, 0.1) is 0 Å². The van der Waals surface area contributed by atoms with Gasteiger partial charge in [-0.05, 0) is 45.1 Å². The molecule has 1 unspecified atom stereocenters. The average Bonchev–Trinajstić information content (AvgIpc) is 2.39. The minimum atomic E-state index is -0.116. The van der Waals surface area contributed by atoms with Gasteiger partial charge < -0.3 is 10.4 Å². The lowest BCUT2D eigenvalue weighted by Crippen LogP contribution is -2.53. The Labute approximate surface area is 103 Å². The molecule has 2 rings (SSSR count). The summed E-state index contributed by atoms with van der Waals surface area (Å²) in [6.07, 6.45) is 7.08. The summed E-state index contributed by atoms with van der Waals surface area (Å²) < 4.78 is 0. The van der Waals surface area contributed by atoms with Crippen LogP contribution < -0.4 is 5.32 Å². The van der Waals surface area contributed by atoms with Crippen LogP contribution in [0.15, 0.2) is 0 Å². The van der Waals surface area contributed by atoms with Crippen molar-refractivity contribution in [3.8, 4) is 0 Å². The van der Waals surface area contributed by atoms with Crippen molar-refractivity contribution in [2.24, 2.45) is 0 Å². The maximum absolute atomic E-state index is 11.9. The fourth-order valence-electron chi connectivity index (χ4n) is 3.23. The van der Waals surface area contributed by atoms with E-state index in [1.807, 2.05) is 0 Å². The molecular weight excluding hydrogens is 216 g/mol.